The Hall–Kier alpha value is -2.39. The molecular formula is C19H25N3O5S. The van der Waals surface area contributed by atoms with Crippen LogP contribution in [0, 0.1) is 13.8 Å². The molecule has 0 atom stereocenters. The smallest absolute Gasteiger partial charge is 0.245 e. The average molecular weight is 407 g/mol. The molecule has 28 heavy (non-hydrogen) atoms. The van der Waals surface area contributed by atoms with Crippen LogP contribution in [0.1, 0.15) is 36.3 Å². The first kappa shape index (κ1) is 20.3. The van der Waals surface area contributed by atoms with Crippen LogP contribution in [0.4, 0.5) is 0 Å². The molecule has 0 aliphatic heterocycles. The molecule has 1 aliphatic carbocycles. The summed E-state index contributed by atoms with van der Waals surface area (Å²) in [4.78, 5) is 14.6. The van der Waals surface area contributed by atoms with Crippen LogP contribution in [-0.2, 0) is 21.4 Å². The molecule has 0 radical (unpaired) electrons. The second-order valence-corrected chi connectivity index (χ2v) is 8.61. The summed E-state index contributed by atoms with van der Waals surface area (Å²) in [6, 6.07) is 7.82. The zero-order chi connectivity index (χ0) is 20.3. The van der Waals surface area contributed by atoms with E-state index < -0.39 is 10.0 Å². The summed E-state index contributed by atoms with van der Waals surface area (Å²) < 4.78 is 37.4. The van der Waals surface area contributed by atoms with Crippen molar-refractivity contribution in [1.82, 2.24) is 14.8 Å². The van der Waals surface area contributed by atoms with E-state index in [2.05, 4.69) is 9.88 Å². The fourth-order valence-corrected chi connectivity index (χ4v) is 4.46. The molecule has 2 aromatic rings. The third-order valence-corrected chi connectivity index (χ3v) is 6.39. The molecule has 0 spiro atoms. The van der Waals surface area contributed by atoms with Crippen LogP contribution in [0.25, 0.3) is 0 Å². The number of nitrogens with zero attached hydrogens (tertiary/aromatic N) is 2. The largest absolute Gasteiger partial charge is 0.497 e. The number of ether oxygens (including phenoxy) is 1. The number of benzene rings is 1. The Kier molecular flexibility index (Phi) is 6.04. The van der Waals surface area contributed by atoms with Gasteiger partial charge in [0.1, 0.15) is 16.3 Å². The molecule has 0 saturated heterocycles. The number of nitrogens with one attached hydrogen (secondary N) is 1. The molecule has 152 valence electrons. The molecule has 1 fully saturated rings. The summed E-state index contributed by atoms with van der Waals surface area (Å²) in [5.41, 5.74) is 1.31. The van der Waals surface area contributed by atoms with E-state index in [-0.39, 0.29) is 35.6 Å². The monoisotopic (exact) mass is 407 g/mol. The van der Waals surface area contributed by atoms with Gasteiger partial charge in [-0.1, -0.05) is 17.3 Å². The number of hydrogen-bond acceptors (Lipinski definition) is 6. The van der Waals surface area contributed by atoms with E-state index in [9.17, 15) is 13.2 Å². The summed E-state index contributed by atoms with van der Waals surface area (Å²) in [6.07, 6.45) is 2.05. The van der Waals surface area contributed by atoms with Gasteiger partial charge < -0.3 is 14.2 Å². The van der Waals surface area contributed by atoms with E-state index in [1.807, 2.05) is 29.2 Å². The first-order chi connectivity index (χ1) is 13.3. The van der Waals surface area contributed by atoms with E-state index in [0.717, 1.165) is 24.2 Å². The zero-order valence-electron chi connectivity index (χ0n) is 16.3. The fourth-order valence-electron chi connectivity index (χ4n) is 3.10. The molecule has 1 aliphatic rings. The SMILES string of the molecule is COc1ccc(CN(C(=O)CCNS(=O)(=O)c2c(C)noc2C)C2CC2)cc1. The second-order valence-electron chi connectivity index (χ2n) is 6.90. The Labute approximate surface area is 164 Å². The number of aromatic nitrogens is 1. The lowest BCUT2D eigenvalue weighted by atomic mass is 10.2. The first-order valence-corrected chi connectivity index (χ1v) is 10.6. The van der Waals surface area contributed by atoms with E-state index in [0.29, 0.717) is 12.2 Å². The van der Waals surface area contributed by atoms with Gasteiger partial charge in [0, 0.05) is 25.6 Å². The van der Waals surface area contributed by atoms with Crippen LogP contribution in [0.3, 0.4) is 0 Å². The molecule has 3 rings (SSSR count). The Balaban J connectivity index is 1.59. The van der Waals surface area contributed by atoms with Crippen molar-refractivity contribution >= 4 is 15.9 Å². The summed E-state index contributed by atoms with van der Waals surface area (Å²) >= 11 is 0. The third kappa shape index (κ3) is 4.71. The molecule has 8 nitrogen and oxygen atoms in total. The van der Waals surface area contributed by atoms with Crippen molar-refractivity contribution in [2.24, 2.45) is 0 Å². The third-order valence-electron chi connectivity index (χ3n) is 4.69. The normalized spacial score (nSPS) is 14.1. The maximum absolute atomic E-state index is 12.7. The second kappa shape index (κ2) is 8.32. The van der Waals surface area contributed by atoms with Gasteiger partial charge in [-0.2, -0.15) is 0 Å². The zero-order valence-corrected chi connectivity index (χ0v) is 17.1. The number of hydrogen-bond donors (Lipinski definition) is 1. The minimum atomic E-state index is -3.76. The number of aryl methyl sites for hydroxylation is 2. The van der Waals surface area contributed by atoms with Crippen molar-refractivity contribution in [2.75, 3.05) is 13.7 Å². The van der Waals surface area contributed by atoms with Crippen LogP contribution in [0.15, 0.2) is 33.7 Å². The highest BCUT2D eigenvalue weighted by molar-refractivity contribution is 7.89. The molecule has 1 amide bonds. The standard InChI is InChI=1S/C19H25N3O5S/c1-13-19(14(2)27-21-13)28(24,25)20-11-10-18(23)22(16-6-7-16)12-15-4-8-17(26-3)9-5-15/h4-5,8-9,16,20H,6-7,10-12H2,1-3H3. The van der Waals surface area contributed by atoms with Crippen molar-refractivity contribution < 1.29 is 22.5 Å². The topological polar surface area (TPSA) is 102 Å². The predicted molar refractivity (Wildman–Crippen MR) is 102 cm³/mol. The highest BCUT2D eigenvalue weighted by Crippen LogP contribution is 2.29. The van der Waals surface area contributed by atoms with Gasteiger partial charge in [-0.15, -0.1) is 0 Å². The number of methoxy groups -OCH3 is 1. The van der Waals surface area contributed by atoms with Crippen LogP contribution >= 0.6 is 0 Å². The number of amides is 1. The maximum Gasteiger partial charge on any atom is 0.245 e. The lowest BCUT2D eigenvalue weighted by Gasteiger charge is -2.23. The van der Waals surface area contributed by atoms with Crippen molar-refractivity contribution in [3.63, 3.8) is 0 Å². The van der Waals surface area contributed by atoms with Crippen LogP contribution in [-0.4, -0.2) is 44.1 Å². The molecule has 0 bridgehead atoms. The summed E-state index contributed by atoms with van der Waals surface area (Å²) in [5.74, 6) is 0.928. The minimum Gasteiger partial charge on any atom is -0.497 e. The highest BCUT2D eigenvalue weighted by atomic mass is 32.2. The van der Waals surface area contributed by atoms with Gasteiger partial charge >= 0.3 is 0 Å². The highest BCUT2D eigenvalue weighted by Gasteiger charge is 2.32. The molecule has 1 aromatic heterocycles. The predicted octanol–water partition coefficient (Wildman–Crippen LogP) is 2.16. The van der Waals surface area contributed by atoms with Gasteiger partial charge in [0.2, 0.25) is 15.9 Å². The number of sulfonamides is 1. The Morgan fingerprint density at radius 1 is 1.29 bits per heavy atom. The molecule has 1 heterocycles. The molecule has 1 aromatic carbocycles. The molecular weight excluding hydrogens is 382 g/mol. The lowest BCUT2D eigenvalue weighted by Crippen LogP contribution is -2.35. The van der Waals surface area contributed by atoms with Gasteiger partial charge in [0.15, 0.2) is 5.76 Å². The molecule has 0 unspecified atom stereocenters. The Bertz CT molecular complexity index is 913. The number of carbonyl (C=O) groups is 1. The average Bonchev–Trinajstić information content (AvgIpc) is 3.44. The molecule has 1 saturated carbocycles. The summed E-state index contributed by atoms with van der Waals surface area (Å²) in [6.45, 7) is 3.64. The number of rotatable bonds is 9. The maximum atomic E-state index is 12.7. The lowest BCUT2D eigenvalue weighted by molar-refractivity contribution is -0.132. The summed E-state index contributed by atoms with van der Waals surface area (Å²) in [7, 11) is -2.15. The van der Waals surface area contributed by atoms with Gasteiger partial charge in [0.05, 0.1) is 7.11 Å². The van der Waals surface area contributed by atoms with E-state index in [1.54, 1.807) is 21.0 Å². The van der Waals surface area contributed by atoms with Crippen LogP contribution < -0.4 is 9.46 Å². The van der Waals surface area contributed by atoms with Crippen molar-refractivity contribution in [1.29, 1.82) is 0 Å². The molecule has 1 N–H and O–H groups in total. The van der Waals surface area contributed by atoms with Crippen molar-refractivity contribution in [2.45, 2.75) is 50.6 Å². The van der Waals surface area contributed by atoms with Gasteiger partial charge in [-0.05, 0) is 44.4 Å². The minimum absolute atomic E-state index is 0.0249. The fraction of sp³-hybridized carbons (Fsp3) is 0.474. The molecule has 9 heteroatoms. The van der Waals surface area contributed by atoms with Crippen molar-refractivity contribution in [3.05, 3.63) is 41.3 Å². The van der Waals surface area contributed by atoms with Gasteiger partial charge in [-0.3, -0.25) is 4.79 Å². The first-order valence-electron chi connectivity index (χ1n) is 9.16. The van der Waals surface area contributed by atoms with Crippen molar-refractivity contribution in [3.8, 4) is 5.75 Å². The van der Waals surface area contributed by atoms with E-state index in [1.165, 1.54) is 0 Å². The van der Waals surface area contributed by atoms with Crippen LogP contribution in [0.2, 0.25) is 0 Å². The Morgan fingerprint density at radius 3 is 2.50 bits per heavy atom. The van der Waals surface area contributed by atoms with Crippen LogP contribution in [0.5, 0.6) is 5.75 Å². The van der Waals surface area contributed by atoms with Gasteiger partial charge in [0.25, 0.3) is 0 Å². The number of carbonyl (C=O) groups excluding carboxylic acids is 1. The van der Waals surface area contributed by atoms with E-state index >= 15 is 0 Å². The summed E-state index contributed by atoms with van der Waals surface area (Å²) in [5, 5.41) is 3.67. The van der Waals surface area contributed by atoms with Gasteiger partial charge in [-0.25, -0.2) is 13.1 Å². The Morgan fingerprint density at radius 2 is 1.96 bits per heavy atom. The van der Waals surface area contributed by atoms with E-state index in [4.69, 9.17) is 9.26 Å². The quantitative estimate of drug-likeness (QED) is 0.683.